The average molecular weight is 343 g/mol. The van der Waals surface area contributed by atoms with Crippen LogP contribution in [-0.4, -0.2) is 28.1 Å². The van der Waals surface area contributed by atoms with E-state index < -0.39 is 0 Å². The summed E-state index contributed by atoms with van der Waals surface area (Å²) in [5, 5.41) is 18.7. The molecule has 0 saturated carbocycles. The van der Waals surface area contributed by atoms with Crippen molar-refractivity contribution in [3.63, 3.8) is 0 Å². The molecule has 0 bridgehead atoms. The summed E-state index contributed by atoms with van der Waals surface area (Å²) in [5.74, 6) is 1.15. The SMILES string of the molecule is Cc1ccc(C)c(-n2nc(C#N)c(N3CC[C@H](c4ccccc4)C3)n2)c1. The molecule has 0 spiro atoms. The molecule has 4 rings (SSSR count). The van der Waals surface area contributed by atoms with Crippen molar-refractivity contribution in [2.45, 2.75) is 26.2 Å². The van der Waals surface area contributed by atoms with E-state index in [0.717, 1.165) is 36.3 Å². The molecule has 5 heteroatoms. The maximum absolute atomic E-state index is 9.55. The highest BCUT2D eigenvalue weighted by atomic mass is 15.5. The Morgan fingerprint density at radius 3 is 2.65 bits per heavy atom. The first-order valence-corrected chi connectivity index (χ1v) is 8.90. The highest BCUT2D eigenvalue weighted by molar-refractivity contribution is 5.52. The van der Waals surface area contributed by atoms with Gasteiger partial charge in [0.05, 0.1) is 5.69 Å². The fourth-order valence-electron chi connectivity index (χ4n) is 3.58. The van der Waals surface area contributed by atoms with Crippen LogP contribution in [0.4, 0.5) is 5.82 Å². The summed E-state index contributed by atoms with van der Waals surface area (Å²) < 4.78 is 0. The van der Waals surface area contributed by atoms with Crippen molar-refractivity contribution in [2.75, 3.05) is 18.0 Å². The van der Waals surface area contributed by atoms with Crippen LogP contribution < -0.4 is 4.90 Å². The van der Waals surface area contributed by atoms with E-state index in [0.29, 0.717) is 17.4 Å². The van der Waals surface area contributed by atoms with Gasteiger partial charge in [-0.2, -0.15) is 5.26 Å². The monoisotopic (exact) mass is 343 g/mol. The molecule has 0 amide bonds. The molecule has 0 N–H and O–H groups in total. The number of anilines is 1. The molecule has 0 unspecified atom stereocenters. The van der Waals surface area contributed by atoms with Gasteiger partial charge in [0.1, 0.15) is 6.07 Å². The zero-order valence-electron chi connectivity index (χ0n) is 15.1. The molecule has 0 aliphatic carbocycles. The van der Waals surface area contributed by atoms with Crippen molar-refractivity contribution < 1.29 is 0 Å². The lowest BCUT2D eigenvalue weighted by Crippen LogP contribution is -2.20. The van der Waals surface area contributed by atoms with Gasteiger partial charge in [-0.15, -0.1) is 15.0 Å². The largest absolute Gasteiger partial charge is 0.352 e. The molecule has 3 aromatic rings. The Hall–Kier alpha value is -3.13. The zero-order valence-corrected chi connectivity index (χ0v) is 15.1. The summed E-state index contributed by atoms with van der Waals surface area (Å²) in [7, 11) is 0. The molecule has 5 nitrogen and oxygen atoms in total. The predicted molar refractivity (Wildman–Crippen MR) is 102 cm³/mol. The Bertz CT molecular complexity index is 968. The quantitative estimate of drug-likeness (QED) is 0.727. The van der Waals surface area contributed by atoms with Crippen LogP contribution in [0.5, 0.6) is 0 Å². The summed E-state index contributed by atoms with van der Waals surface area (Å²) in [4.78, 5) is 3.79. The number of hydrogen-bond acceptors (Lipinski definition) is 4. The van der Waals surface area contributed by atoms with Crippen molar-refractivity contribution in [1.82, 2.24) is 15.0 Å². The Morgan fingerprint density at radius 1 is 1.08 bits per heavy atom. The van der Waals surface area contributed by atoms with E-state index >= 15 is 0 Å². The summed E-state index contributed by atoms with van der Waals surface area (Å²) in [6, 6.07) is 18.9. The number of aryl methyl sites for hydroxylation is 2. The first-order valence-electron chi connectivity index (χ1n) is 8.90. The molecule has 0 radical (unpaired) electrons. The van der Waals surface area contributed by atoms with Crippen molar-refractivity contribution in [1.29, 1.82) is 5.26 Å². The highest BCUT2D eigenvalue weighted by Crippen LogP contribution is 2.31. The van der Waals surface area contributed by atoms with Crippen molar-refractivity contribution in [3.8, 4) is 11.8 Å². The lowest BCUT2D eigenvalue weighted by Gasteiger charge is -2.15. The van der Waals surface area contributed by atoms with Crippen LogP contribution in [-0.2, 0) is 0 Å². The lowest BCUT2D eigenvalue weighted by molar-refractivity contribution is 0.736. The molecule has 1 aromatic heterocycles. The number of hydrogen-bond donors (Lipinski definition) is 0. The summed E-state index contributed by atoms with van der Waals surface area (Å²) in [6.45, 7) is 5.83. The maximum atomic E-state index is 9.55. The van der Waals surface area contributed by atoms with Gasteiger partial charge in [0, 0.05) is 19.0 Å². The van der Waals surface area contributed by atoms with Gasteiger partial charge in [-0.05, 0) is 43.0 Å². The van der Waals surface area contributed by atoms with Crippen LogP contribution >= 0.6 is 0 Å². The normalized spacial score (nSPS) is 16.7. The Kier molecular flexibility index (Phi) is 4.18. The molecular weight excluding hydrogens is 322 g/mol. The second kappa shape index (κ2) is 6.64. The molecule has 1 atom stereocenters. The first kappa shape index (κ1) is 16.3. The third kappa shape index (κ3) is 2.95. The lowest BCUT2D eigenvalue weighted by atomic mass is 9.99. The van der Waals surface area contributed by atoms with E-state index in [1.54, 1.807) is 4.80 Å². The first-order chi connectivity index (χ1) is 12.7. The molecule has 1 aliphatic rings. The van der Waals surface area contributed by atoms with Gasteiger partial charge in [-0.25, -0.2) is 0 Å². The van der Waals surface area contributed by atoms with Crippen LogP contribution in [0.25, 0.3) is 5.69 Å². The average Bonchev–Trinajstić information content (AvgIpc) is 3.31. The topological polar surface area (TPSA) is 57.7 Å². The fraction of sp³-hybridized carbons (Fsp3) is 0.286. The minimum absolute atomic E-state index is 0.389. The molecular formula is C21H21N5. The van der Waals surface area contributed by atoms with Crippen molar-refractivity contribution in [2.24, 2.45) is 0 Å². The number of nitriles is 1. The van der Waals surface area contributed by atoms with Gasteiger partial charge >= 0.3 is 0 Å². The minimum Gasteiger partial charge on any atom is -0.352 e. The summed E-state index contributed by atoms with van der Waals surface area (Å²) in [6.07, 6.45) is 1.06. The Morgan fingerprint density at radius 2 is 1.88 bits per heavy atom. The Labute approximate surface area is 153 Å². The van der Waals surface area contributed by atoms with Crippen LogP contribution in [0.2, 0.25) is 0 Å². The number of benzene rings is 2. The smallest absolute Gasteiger partial charge is 0.207 e. The van der Waals surface area contributed by atoms with Crippen molar-refractivity contribution >= 4 is 5.82 Å². The van der Waals surface area contributed by atoms with E-state index in [1.807, 2.05) is 19.9 Å². The van der Waals surface area contributed by atoms with Gasteiger partial charge in [0.2, 0.25) is 5.69 Å². The third-order valence-corrected chi connectivity index (χ3v) is 5.04. The number of aromatic nitrogens is 3. The van der Waals surface area contributed by atoms with Crippen LogP contribution in [0.1, 0.15) is 34.7 Å². The Balaban J connectivity index is 1.65. The molecule has 26 heavy (non-hydrogen) atoms. The molecule has 1 saturated heterocycles. The van der Waals surface area contributed by atoms with Crippen LogP contribution in [0.3, 0.4) is 0 Å². The molecule has 2 heterocycles. The highest BCUT2D eigenvalue weighted by Gasteiger charge is 2.28. The summed E-state index contributed by atoms with van der Waals surface area (Å²) >= 11 is 0. The number of nitrogens with zero attached hydrogens (tertiary/aromatic N) is 5. The molecule has 1 fully saturated rings. The van der Waals surface area contributed by atoms with Gasteiger partial charge in [-0.1, -0.05) is 42.5 Å². The van der Waals surface area contributed by atoms with E-state index in [4.69, 9.17) is 0 Å². The van der Waals surface area contributed by atoms with E-state index in [-0.39, 0.29) is 0 Å². The molecule has 130 valence electrons. The molecule has 1 aliphatic heterocycles. The van der Waals surface area contributed by atoms with Crippen LogP contribution in [0.15, 0.2) is 48.5 Å². The molecule has 2 aromatic carbocycles. The second-order valence-corrected chi connectivity index (χ2v) is 6.91. The van der Waals surface area contributed by atoms with Gasteiger partial charge in [0.15, 0.2) is 5.82 Å². The zero-order chi connectivity index (χ0) is 18.1. The van der Waals surface area contributed by atoms with E-state index in [1.165, 1.54) is 5.56 Å². The third-order valence-electron chi connectivity index (χ3n) is 5.04. The number of rotatable bonds is 3. The predicted octanol–water partition coefficient (Wildman–Crippen LogP) is 3.75. The van der Waals surface area contributed by atoms with Crippen LogP contribution in [0, 0.1) is 25.2 Å². The van der Waals surface area contributed by atoms with Crippen molar-refractivity contribution in [3.05, 3.63) is 70.9 Å². The van der Waals surface area contributed by atoms with Gasteiger partial charge in [0.25, 0.3) is 0 Å². The summed E-state index contributed by atoms with van der Waals surface area (Å²) in [5.41, 5.74) is 4.89. The van der Waals surface area contributed by atoms with E-state index in [2.05, 4.69) is 63.6 Å². The second-order valence-electron chi connectivity index (χ2n) is 6.91. The van der Waals surface area contributed by atoms with Gasteiger partial charge in [-0.3, -0.25) is 0 Å². The fourth-order valence-corrected chi connectivity index (χ4v) is 3.58. The minimum atomic E-state index is 0.389. The van der Waals surface area contributed by atoms with Gasteiger partial charge < -0.3 is 4.90 Å². The standard InChI is InChI=1S/C21H21N5/c1-15-8-9-16(2)20(12-15)26-23-19(13-22)21(24-26)25-11-10-18(14-25)17-6-4-3-5-7-17/h3-9,12,18H,10-11,14H2,1-2H3/t18-/m0/s1. The maximum Gasteiger partial charge on any atom is 0.207 e. The van der Waals surface area contributed by atoms with E-state index in [9.17, 15) is 5.26 Å².